The van der Waals surface area contributed by atoms with Gasteiger partial charge in [0.1, 0.15) is 11.4 Å². The van der Waals surface area contributed by atoms with Crippen LogP contribution in [0.1, 0.15) is 29.9 Å². The van der Waals surface area contributed by atoms with Crippen molar-refractivity contribution in [3.05, 3.63) is 59.8 Å². The Kier molecular flexibility index (Phi) is 6.69. The summed E-state index contributed by atoms with van der Waals surface area (Å²) in [5.74, 6) is 1.60. The molecule has 2 aromatic carbocycles. The van der Waals surface area contributed by atoms with Gasteiger partial charge in [0.2, 0.25) is 0 Å². The zero-order chi connectivity index (χ0) is 21.5. The summed E-state index contributed by atoms with van der Waals surface area (Å²) in [5.41, 5.74) is 5.79. The molecule has 0 aliphatic rings. The third kappa shape index (κ3) is 4.78. The molecule has 1 amide bonds. The molecule has 156 valence electrons. The Morgan fingerprint density at radius 3 is 2.47 bits per heavy atom. The summed E-state index contributed by atoms with van der Waals surface area (Å²) in [5, 5.41) is 11.1. The first-order chi connectivity index (χ1) is 14.5. The lowest BCUT2D eigenvalue weighted by molar-refractivity contribution is 0.0950. The van der Waals surface area contributed by atoms with Crippen LogP contribution in [-0.2, 0) is 0 Å². The first-order valence-corrected chi connectivity index (χ1v) is 9.41. The van der Waals surface area contributed by atoms with E-state index in [1.165, 1.54) is 0 Å². The minimum atomic E-state index is -0.389. The van der Waals surface area contributed by atoms with Gasteiger partial charge in [-0.15, -0.1) is 0 Å². The standard InChI is InChI=1S/C22H24N4O4/c1-5-30-17-9-6-15(7-10-17)14(2)23-26-22(27)19-13-18(24-25-19)16-8-11-20(28-3)21(12-16)29-4/h6-13H,5H2,1-4H3,(H,24,25)(H,26,27)/b23-14-. The number of amides is 1. The maximum absolute atomic E-state index is 12.4. The molecule has 3 aromatic rings. The summed E-state index contributed by atoms with van der Waals surface area (Å²) in [4.78, 5) is 12.4. The molecule has 0 spiro atoms. The molecule has 8 heteroatoms. The van der Waals surface area contributed by atoms with Crippen LogP contribution in [0.25, 0.3) is 11.3 Å². The van der Waals surface area contributed by atoms with Crippen LogP contribution in [0, 0.1) is 0 Å². The molecule has 8 nitrogen and oxygen atoms in total. The van der Waals surface area contributed by atoms with E-state index in [-0.39, 0.29) is 5.91 Å². The lowest BCUT2D eigenvalue weighted by Gasteiger charge is -2.08. The molecule has 2 N–H and O–H groups in total. The van der Waals surface area contributed by atoms with Crippen molar-refractivity contribution in [1.82, 2.24) is 15.6 Å². The van der Waals surface area contributed by atoms with E-state index in [0.29, 0.717) is 35.2 Å². The van der Waals surface area contributed by atoms with E-state index >= 15 is 0 Å². The average Bonchev–Trinajstić information content (AvgIpc) is 3.28. The summed E-state index contributed by atoms with van der Waals surface area (Å²) >= 11 is 0. The Balaban J connectivity index is 1.69. The van der Waals surface area contributed by atoms with E-state index in [1.807, 2.05) is 44.2 Å². The molecule has 0 aliphatic heterocycles. The Morgan fingerprint density at radius 2 is 1.80 bits per heavy atom. The SMILES string of the molecule is CCOc1ccc(/C(C)=N\NC(=O)c2cc(-c3ccc(OC)c(OC)c3)n[nH]2)cc1. The van der Waals surface area contributed by atoms with Crippen LogP contribution in [0.5, 0.6) is 17.2 Å². The highest BCUT2D eigenvalue weighted by atomic mass is 16.5. The summed E-state index contributed by atoms with van der Waals surface area (Å²) in [6.07, 6.45) is 0. The van der Waals surface area contributed by atoms with Gasteiger partial charge in [-0.3, -0.25) is 9.89 Å². The summed E-state index contributed by atoms with van der Waals surface area (Å²) < 4.78 is 16.0. The molecule has 0 fully saturated rings. The number of methoxy groups -OCH3 is 2. The molecule has 0 unspecified atom stereocenters. The topological polar surface area (TPSA) is 97.8 Å². The van der Waals surface area contributed by atoms with E-state index in [2.05, 4.69) is 20.7 Å². The number of benzene rings is 2. The van der Waals surface area contributed by atoms with Gasteiger partial charge in [-0.1, -0.05) is 0 Å². The Bertz CT molecular complexity index is 1040. The third-order valence-corrected chi connectivity index (χ3v) is 4.41. The second-order valence-electron chi connectivity index (χ2n) is 6.33. The number of H-pyrrole nitrogens is 1. The third-order valence-electron chi connectivity index (χ3n) is 4.41. The van der Waals surface area contributed by atoms with Crippen molar-refractivity contribution in [2.75, 3.05) is 20.8 Å². The van der Waals surface area contributed by atoms with Gasteiger partial charge < -0.3 is 14.2 Å². The van der Waals surface area contributed by atoms with E-state index in [1.54, 1.807) is 32.4 Å². The van der Waals surface area contributed by atoms with Crippen LogP contribution in [0.4, 0.5) is 0 Å². The molecular weight excluding hydrogens is 384 g/mol. The number of rotatable bonds is 8. The maximum atomic E-state index is 12.4. The van der Waals surface area contributed by atoms with E-state index < -0.39 is 0 Å². The number of hydrogen-bond acceptors (Lipinski definition) is 6. The minimum Gasteiger partial charge on any atom is -0.494 e. The Morgan fingerprint density at radius 1 is 1.07 bits per heavy atom. The Hall–Kier alpha value is -3.81. The Labute approximate surface area is 174 Å². The fraction of sp³-hybridized carbons (Fsp3) is 0.227. The zero-order valence-corrected chi connectivity index (χ0v) is 17.4. The lowest BCUT2D eigenvalue weighted by Crippen LogP contribution is -2.19. The first-order valence-electron chi connectivity index (χ1n) is 9.41. The van der Waals surface area contributed by atoms with Gasteiger partial charge in [-0.05, 0) is 67.9 Å². The largest absolute Gasteiger partial charge is 0.494 e. The van der Waals surface area contributed by atoms with Gasteiger partial charge in [0.25, 0.3) is 5.91 Å². The first kappa shape index (κ1) is 20.9. The highest BCUT2D eigenvalue weighted by Crippen LogP contribution is 2.31. The molecule has 0 bridgehead atoms. The predicted molar refractivity (Wildman–Crippen MR) is 114 cm³/mol. The van der Waals surface area contributed by atoms with Gasteiger partial charge in [-0.25, -0.2) is 5.43 Å². The number of hydrogen-bond donors (Lipinski definition) is 2. The molecule has 1 aromatic heterocycles. The van der Waals surface area contributed by atoms with E-state index in [0.717, 1.165) is 16.9 Å². The number of hydrazone groups is 1. The average molecular weight is 408 g/mol. The number of nitrogens with zero attached hydrogens (tertiary/aromatic N) is 2. The molecule has 0 radical (unpaired) electrons. The molecule has 0 saturated carbocycles. The van der Waals surface area contributed by atoms with Crippen LogP contribution in [-0.4, -0.2) is 42.6 Å². The molecule has 0 saturated heterocycles. The smallest absolute Gasteiger partial charge is 0.289 e. The van der Waals surface area contributed by atoms with Gasteiger partial charge in [0.05, 0.1) is 32.2 Å². The van der Waals surface area contributed by atoms with Crippen molar-refractivity contribution in [3.8, 4) is 28.5 Å². The number of aromatic nitrogens is 2. The number of aromatic amines is 1. The molecule has 30 heavy (non-hydrogen) atoms. The normalized spacial score (nSPS) is 11.1. The van der Waals surface area contributed by atoms with Gasteiger partial charge in [0.15, 0.2) is 11.5 Å². The summed E-state index contributed by atoms with van der Waals surface area (Å²) in [7, 11) is 3.14. The van der Waals surface area contributed by atoms with Crippen molar-refractivity contribution in [1.29, 1.82) is 0 Å². The fourth-order valence-corrected chi connectivity index (χ4v) is 2.80. The molecule has 0 atom stereocenters. The monoisotopic (exact) mass is 408 g/mol. The number of carbonyl (C=O) groups is 1. The van der Waals surface area contributed by atoms with Gasteiger partial charge in [-0.2, -0.15) is 10.2 Å². The van der Waals surface area contributed by atoms with Crippen LogP contribution in [0.2, 0.25) is 0 Å². The van der Waals surface area contributed by atoms with Crippen molar-refractivity contribution in [2.45, 2.75) is 13.8 Å². The molecule has 3 rings (SSSR count). The molecule has 0 aliphatic carbocycles. The lowest BCUT2D eigenvalue weighted by atomic mass is 10.1. The van der Waals surface area contributed by atoms with Crippen molar-refractivity contribution in [2.24, 2.45) is 5.10 Å². The van der Waals surface area contributed by atoms with Crippen LogP contribution in [0.3, 0.4) is 0 Å². The van der Waals surface area contributed by atoms with Crippen LogP contribution >= 0.6 is 0 Å². The van der Waals surface area contributed by atoms with Crippen molar-refractivity contribution in [3.63, 3.8) is 0 Å². The zero-order valence-electron chi connectivity index (χ0n) is 17.4. The van der Waals surface area contributed by atoms with Crippen LogP contribution < -0.4 is 19.6 Å². The molecule has 1 heterocycles. The van der Waals surface area contributed by atoms with Crippen molar-refractivity contribution < 1.29 is 19.0 Å². The number of nitrogens with one attached hydrogen (secondary N) is 2. The highest BCUT2D eigenvalue weighted by Gasteiger charge is 2.13. The maximum Gasteiger partial charge on any atom is 0.289 e. The van der Waals surface area contributed by atoms with Crippen LogP contribution in [0.15, 0.2) is 53.6 Å². The van der Waals surface area contributed by atoms with E-state index in [4.69, 9.17) is 14.2 Å². The minimum absolute atomic E-state index is 0.294. The second-order valence-corrected chi connectivity index (χ2v) is 6.33. The second kappa shape index (κ2) is 9.60. The quantitative estimate of drug-likeness (QED) is 0.438. The predicted octanol–water partition coefficient (Wildman–Crippen LogP) is 3.65. The fourth-order valence-electron chi connectivity index (χ4n) is 2.80. The number of carbonyl (C=O) groups excluding carboxylic acids is 1. The highest BCUT2D eigenvalue weighted by molar-refractivity contribution is 6.00. The summed E-state index contributed by atoms with van der Waals surface area (Å²) in [6.45, 7) is 4.36. The van der Waals surface area contributed by atoms with Gasteiger partial charge >= 0.3 is 0 Å². The van der Waals surface area contributed by atoms with Gasteiger partial charge in [0, 0.05) is 5.56 Å². The van der Waals surface area contributed by atoms with E-state index in [9.17, 15) is 4.79 Å². The number of ether oxygens (including phenoxy) is 3. The molecular formula is C22H24N4O4. The summed E-state index contributed by atoms with van der Waals surface area (Å²) in [6, 6.07) is 14.6. The van der Waals surface area contributed by atoms with Crippen molar-refractivity contribution >= 4 is 11.6 Å².